The van der Waals surface area contributed by atoms with Crippen molar-refractivity contribution in [2.75, 3.05) is 0 Å². The van der Waals surface area contributed by atoms with Crippen molar-refractivity contribution in [1.29, 1.82) is 0 Å². The molecule has 1 atom stereocenters. The summed E-state index contributed by atoms with van der Waals surface area (Å²) in [4.78, 5) is 23.1. The van der Waals surface area contributed by atoms with Crippen LogP contribution >= 0.6 is 0 Å². The molecule has 1 amide bonds. The molecular weight excluding hydrogens is 284 g/mol. The van der Waals surface area contributed by atoms with E-state index < -0.39 is 23.2 Å². The number of carboxylic acid groups (broad SMARTS) is 1. The van der Waals surface area contributed by atoms with Gasteiger partial charge in [0.2, 0.25) is 0 Å². The van der Waals surface area contributed by atoms with Crippen LogP contribution in [-0.4, -0.2) is 28.3 Å². The number of hydrogen-bond acceptors (Lipinski definition) is 4. The molecule has 1 aromatic rings. The lowest BCUT2D eigenvalue weighted by atomic mass is 9.94. The first-order chi connectivity index (χ1) is 10.1. The molecular formula is C16H24N2O4. The monoisotopic (exact) mass is 308 g/mol. The highest BCUT2D eigenvalue weighted by Crippen LogP contribution is 2.14. The molecule has 0 fully saturated rings. The maximum absolute atomic E-state index is 11.6. The number of hydrazine groups is 1. The highest BCUT2D eigenvalue weighted by atomic mass is 16.6. The average molecular weight is 308 g/mol. The smallest absolute Gasteiger partial charge is 0.422 e. The van der Waals surface area contributed by atoms with Crippen molar-refractivity contribution in [3.63, 3.8) is 0 Å². The largest absolute Gasteiger partial charge is 0.480 e. The van der Waals surface area contributed by atoms with E-state index in [1.54, 1.807) is 20.8 Å². The van der Waals surface area contributed by atoms with Crippen LogP contribution in [0.1, 0.15) is 39.7 Å². The summed E-state index contributed by atoms with van der Waals surface area (Å²) in [5.41, 5.74) is 3.98. The first-order valence-corrected chi connectivity index (χ1v) is 7.16. The van der Waals surface area contributed by atoms with E-state index >= 15 is 0 Å². The van der Waals surface area contributed by atoms with Gasteiger partial charge in [-0.3, -0.25) is 10.2 Å². The zero-order valence-corrected chi connectivity index (χ0v) is 13.5. The van der Waals surface area contributed by atoms with Crippen LogP contribution in [0.2, 0.25) is 0 Å². The van der Waals surface area contributed by atoms with Crippen molar-refractivity contribution in [3.8, 4) is 0 Å². The quantitative estimate of drug-likeness (QED) is 0.703. The molecule has 0 saturated carbocycles. The molecule has 1 aromatic carbocycles. The van der Waals surface area contributed by atoms with E-state index in [1.165, 1.54) is 6.92 Å². The second-order valence-electron chi connectivity index (χ2n) is 6.37. The number of ether oxygens (including phenoxy) is 1. The first kappa shape index (κ1) is 18.0. The molecule has 3 N–H and O–H groups in total. The number of amides is 1. The van der Waals surface area contributed by atoms with Gasteiger partial charge in [-0.15, -0.1) is 0 Å². The van der Waals surface area contributed by atoms with Crippen molar-refractivity contribution in [3.05, 3.63) is 35.9 Å². The van der Waals surface area contributed by atoms with E-state index in [4.69, 9.17) is 4.74 Å². The summed E-state index contributed by atoms with van der Waals surface area (Å²) in [5.74, 6) is -1.04. The van der Waals surface area contributed by atoms with Gasteiger partial charge in [-0.2, -0.15) is 0 Å². The van der Waals surface area contributed by atoms with E-state index in [9.17, 15) is 14.7 Å². The number of aryl methyl sites for hydroxylation is 1. The van der Waals surface area contributed by atoms with Gasteiger partial charge >= 0.3 is 12.1 Å². The number of carbonyl (C=O) groups is 2. The Balaban J connectivity index is 2.59. The van der Waals surface area contributed by atoms with Gasteiger partial charge in [0.25, 0.3) is 0 Å². The van der Waals surface area contributed by atoms with Crippen molar-refractivity contribution in [2.24, 2.45) is 0 Å². The van der Waals surface area contributed by atoms with Gasteiger partial charge < -0.3 is 9.84 Å². The number of carboxylic acids is 1. The number of aliphatic carboxylic acids is 1. The SMILES string of the molecule is CC(C)(C)OC(=O)NNC(C)(CCc1ccccc1)C(=O)O. The third-order valence-corrected chi connectivity index (χ3v) is 3.07. The zero-order chi connectivity index (χ0) is 16.8. The Morgan fingerprint density at radius 1 is 1.14 bits per heavy atom. The van der Waals surface area contributed by atoms with Gasteiger partial charge in [0.05, 0.1) is 0 Å². The maximum atomic E-state index is 11.6. The predicted octanol–water partition coefficient (Wildman–Crippen LogP) is 2.49. The predicted molar refractivity (Wildman–Crippen MR) is 83.3 cm³/mol. The lowest BCUT2D eigenvalue weighted by Crippen LogP contribution is -2.58. The fourth-order valence-corrected chi connectivity index (χ4v) is 1.75. The van der Waals surface area contributed by atoms with Gasteiger partial charge in [0.15, 0.2) is 0 Å². The summed E-state index contributed by atoms with van der Waals surface area (Å²) >= 11 is 0. The maximum Gasteiger partial charge on any atom is 0.422 e. The second-order valence-corrected chi connectivity index (χ2v) is 6.37. The molecule has 122 valence electrons. The van der Waals surface area contributed by atoms with Crippen LogP contribution in [0.3, 0.4) is 0 Å². The fourth-order valence-electron chi connectivity index (χ4n) is 1.75. The minimum atomic E-state index is -1.28. The summed E-state index contributed by atoms with van der Waals surface area (Å²) in [7, 11) is 0. The van der Waals surface area contributed by atoms with E-state index in [1.807, 2.05) is 30.3 Å². The van der Waals surface area contributed by atoms with Gasteiger partial charge in [0, 0.05) is 0 Å². The topological polar surface area (TPSA) is 87.7 Å². The molecule has 0 radical (unpaired) electrons. The normalized spacial score (nSPS) is 14.0. The Kier molecular flexibility index (Phi) is 5.93. The van der Waals surface area contributed by atoms with Crippen molar-refractivity contribution in [1.82, 2.24) is 10.9 Å². The van der Waals surface area contributed by atoms with E-state index in [-0.39, 0.29) is 0 Å². The number of nitrogens with one attached hydrogen (secondary N) is 2. The highest BCUT2D eigenvalue weighted by Gasteiger charge is 2.33. The number of carbonyl (C=O) groups excluding carboxylic acids is 1. The third kappa shape index (κ3) is 6.13. The molecule has 0 spiro atoms. The molecule has 6 heteroatoms. The summed E-state index contributed by atoms with van der Waals surface area (Å²) in [6, 6.07) is 9.58. The van der Waals surface area contributed by atoms with Crippen LogP contribution in [-0.2, 0) is 16.0 Å². The van der Waals surface area contributed by atoms with Crippen LogP contribution in [0, 0.1) is 0 Å². The average Bonchev–Trinajstić information content (AvgIpc) is 2.42. The molecule has 0 bridgehead atoms. The van der Waals surface area contributed by atoms with Crippen molar-refractivity contribution >= 4 is 12.1 Å². The molecule has 0 aliphatic rings. The standard InChI is InChI=1S/C16H24N2O4/c1-15(2,3)22-14(21)17-18-16(4,13(19)20)11-10-12-8-6-5-7-9-12/h5-9,18H,10-11H2,1-4H3,(H,17,21)(H,19,20). The first-order valence-electron chi connectivity index (χ1n) is 7.16. The van der Waals surface area contributed by atoms with Gasteiger partial charge in [0.1, 0.15) is 11.1 Å². The highest BCUT2D eigenvalue weighted by molar-refractivity contribution is 5.79. The number of benzene rings is 1. The van der Waals surface area contributed by atoms with Gasteiger partial charge in [-0.25, -0.2) is 10.2 Å². The lowest BCUT2D eigenvalue weighted by molar-refractivity contribution is -0.144. The molecule has 0 aliphatic heterocycles. The van der Waals surface area contributed by atoms with Crippen LogP contribution < -0.4 is 10.9 Å². The number of rotatable bonds is 6. The van der Waals surface area contributed by atoms with Gasteiger partial charge in [-0.1, -0.05) is 30.3 Å². The minimum absolute atomic E-state index is 0.322. The molecule has 0 aliphatic carbocycles. The molecule has 0 aromatic heterocycles. The van der Waals surface area contributed by atoms with Crippen LogP contribution in [0.5, 0.6) is 0 Å². The summed E-state index contributed by atoms with van der Waals surface area (Å²) in [5, 5.41) is 9.40. The van der Waals surface area contributed by atoms with Crippen LogP contribution in [0.25, 0.3) is 0 Å². The fraction of sp³-hybridized carbons (Fsp3) is 0.500. The van der Waals surface area contributed by atoms with Crippen molar-refractivity contribution < 1.29 is 19.4 Å². The summed E-state index contributed by atoms with van der Waals surface area (Å²) in [6.07, 6.45) is 0.189. The Bertz CT molecular complexity index is 511. The molecule has 22 heavy (non-hydrogen) atoms. The van der Waals surface area contributed by atoms with E-state index in [2.05, 4.69) is 10.9 Å². The lowest BCUT2D eigenvalue weighted by Gasteiger charge is -2.27. The van der Waals surface area contributed by atoms with Crippen LogP contribution in [0.4, 0.5) is 4.79 Å². The van der Waals surface area contributed by atoms with E-state index in [0.29, 0.717) is 12.8 Å². The second kappa shape index (κ2) is 7.26. The van der Waals surface area contributed by atoms with Gasteiger partial charge in [-0.05, 0) is 46.1 Å². The molecule has 1 unspecified atom stereocenters. The summed E-state index contributed by atoms with van der Waals surface area (Å²) < 4.78 is 5.07. The summed E-state index contributed by atoms with van der Waals surface area (Å²) in [6.45, 7) is 6.73. The third-order valence-electron chi connectivity index (χ3n) is 3.07. The minimum Gasteiger partial charge on any atom is -0.480 e. The van der Waals surface area contributed by atoms with E-state index in [0.717, 1.165) is 5.56 Å². The Morgan fingerprint density at radius 2 is 1.73 bits per heavy atom. The molecule has 1 rings (SSSR count). The Morgan fingerprint density at radius 3 is 2.23 bits per heavy atom. The number of hydrogen-bond donors (Lipinski definition) is 3. The zero-order valence-electron chi connectivity index (χ0n) is 13.5. The van der Waals surface area contributed by atoms with Crippen LogP contribution in [0.15, 0.2) is 30.3 Å². The Labute approximate surface area is 130 Å². The molecule has 0 heterocycles. The molecule has 0 saturated heterocycles. The Hall–Kier alpha value is -2.08. The van der Waals surface area contributed by atoms with Crippen molar-refractivity contribution in [2.45, 2.75) is 51.7 Å². The molecule has 6 nitrogen and oxygen atoms in total.